The van der Waals surface area contributed by atoms with Gasteiger partial charge in [0.2, 0.25) is 5.96 Å². The minimum atomic E-state index is 0.471. The first-order valence-electron chi connectivity index (χ1n) is 9.18. The van der Waals surface area contributed by atoms with E-state index in [0.717, 1.165) is 16.1 Å². The third-order valence-electron chi connectivity index (χ3n) is 4.41. The standard InChI is InChI=1S/C22H20ClN3O3S/c1-27-17-11-10-14(12-19(17)28-2)13-24-22-25-21-18(8-5-9-20(21)30-26-22)29-16-7-4-3-6-15(16)23/h3-12H,13H2,1-2H3,(H2,24,25,26). The number of hydrogen-bond acceptors (Lipinski definition) is 5. The predicted molar refractivity (Wildman–Crippen MR) is 121 cm³/mol. The molecule has 30 heavy (non-hydrogen) atoms. The second-order valence-electron chi connectivity index (χ2n) is 6.35. The second kappa shape index (κ2) is 9.19. The largest absolute Gasteiger partial charge is 0.493 e. The normalized spacial score (nSPS) is 13.8. The first-order valence-corrected chi connectivity index (χ1v) is 10.4. The van der Waals surface area contributed by atoms with Crippen molar-refractivity contribution in [3.8, 4) is 23.0 Å². The Morgan fingerprint density at radius 3 is 2.50 bits per heavy atom. The number of nitrogens with zero attached hydrogens (tertiary/aromatic N) is 1. The highest BCUT2D eigenvalue weighted by atomic mass is 35.5. The number of hydrogen-bond donors (Lipinski definition) is 2. The van der Waals surface area contributed by atoms with Gasteiger partial charge in [-0.2, -0.15) is 0 Å². The summed E-state index contributed by atoms with van der Waals surface area (Å²) in [6, 6.07) is 19.0. The van der Waals surface area contributed by atoms with Crippen LogP contribution in [0.2, 0.25) is 5.02 Å². The van der Waals surface area contributed by atoms with Gasteiger partial charge in [0.1, 0.15) is 5.75 Å². The molecule has 154 valence electrons. The lowest BCUT2D eigenvalue weighted by atomic mass is 10.2. The summed E-state index contributed by atoms with van der Waals surface area (Å²) in [4.78, 5) is 5.65. The molecule has 0 spiro atoms. The number of guanidine groups is 1. The van der Waals surface area contributed by atoms with Crippen molar-refractivity contribution in [2.24, 2.45) is 4.99 Å². The van der Waals surface area contributed by atoms with Crippen molar-refractivity contribution in [3.05, 3.63) is 71.2 Å². The number of fused-ring (bicyclic) bond motifs is 1. The fraction of sp³-hybridized carbons (Fsp3) is 0.136. The van der Waals surface area contributed by atoms with Crippen LogP contribution in [0.25, 0.3) is 0 Å². The summed E-state index contributed by atoms with van der Waals surface area (Å²) >= 11 is 7.72. The quantitative estimate of drug-likeness (QED) is 0.476. The number of anilines is 1. The zero-order valence-electron chi connectivity index (χ0n) is 16.4. The van der Waals surface area contributed by atoms with E-state index >= 15 is 0 Å². The van der Waals surface area contributed by atoms with E-state index in [2.05, 4.69) is 15.0 Å². The van der Waals surface area contributed by atoms with Crippen LogP contribution in [0.1, 0.15) is 5.56 Å². The van der Waals surface area contributed by atoms with Crippen molar-refractivity contribution in [2.75, 3.05) is 19.5 Å². The maximum atomic E-state index is 6.24. The van der Waals surface area contributed by atoms with Crippen LogP contribution in [0.3, 0.4) is 0 Å². The highest BCUT2D eigenvalue weighted by Gasteiger charge is 2.19. The number of aliphatic imine (C=N–C) groups is 1. The van der Waals surface area contributed by atoms with E-state index in [9.17, 15) is 0 Å². The lowest BCUT2D eigenvalue weighted by Gasteiger charge is -2.23. The average Bonchev–Trinajstić information content (AvgIpc) is 2.79. The summed E-state index contributed by atoms with van der Waals surface area (Å²) in [5.41, 5.74) is 1.84. The molecule has 0 radical (unpaired) electrons. The van der Waals surface area contributed by atoms with E-state index in [-0.39, 0.29) is 0 Å². The number of nitrogens with one attached hydrogen (secondary N) is 2. The number of benzene rings is 3. The van der Waals surface area contributed by atoms with Crippen LogP contribution in [-0.2, 0) is 6.54 Å². The Morgan fingerprint density at radius 1 is 0.900 bits per heavy atom. The zero-order valence-corrected chi connectivity index (χ0v) is 18.0. The van der Waals surface area contributed by atoms with Gasteiger partial charge in [0.05, 0.1) is 36.4 Å². The monoisotopic (exact) mass is 441 g/mol. The molecule has 0 atom stereocenters. The Kier molecular flexibility index (Phi) is 6.21. The van der Waals surface area contributed by atoms with Gasteiger partial charge in [0.15, 0.2) is 17.2 Å². The predicted octanol–water partition coefficient (Wildman–Crippen LogP) is 5.73. The topological polar surface area (TPSA) is 64.1 Å². The molecule has 0 aliphatic carbocycles. The van der Waals surface area contributed by atoms with Gasteiger partial charge >= 0.3 is 0 Å². The fourth-order valence-electron chi connectivity index (χ4n) is 2.92. The van der Waals surface area contributed by atoms with Crippen molar-refractivity contribution < 1.29 is 14.2 Å². The van der Waals surface area contributed by atoms with Crippen LogP contribution in [0.15, 0.2) is 70.6 Å². The molecule has 3 aromatic carbocycles. The highest BCUT2D eigenvalue weighted by Crippen LogP contribution is 2.40. The van der Waals surface area contributed by atoms with Gasteiger partial charge in [-0.15, -0.1) is 0 Å². The van der Waals surface area contributed by atoms with Gasteiger partial charge in [0, 0.05) is 0 Å². The van der Waals surface area contributed by atoms with Crippen LogP contribution >= 0.6 is 23.5 Å². The molecule has 4 rings (SSSR count). The summed E-state index contributed by atoms with van der Waals surface area (Å²) in [6.07, 6.45) is 0. The van der Waals surface area contributed by atoms with Gasteiger partial charge in [-0.1, -0.05) is 35.9 Å². The molecule has 0 saturated heterocycles. The van der Waals surface area contributed by atoms with Gasteiger partial charge in [0.25, 0.3) is 0 Å². The first-order chi connectivity index (χ1) is 14.7. The number of rotatable bonds is 6. The average molecular weight is 442 g/mol. The van der Waals surface area contributed by atoms with Crippen LogP contribution in [0.4, 0.5) is 5.69 Å². The van der Waals surface area contributed by atoms with Crippen molar-refractivity contribution in [1.82, 2.24) is 4.72 Å². The van der Waals surface area contributed by atoms with Crippen LogP contribution in [0, 0.1) is 0 Å². The molecule has 1 heterocycles. The maximum Gasteiger partial charge on any atom is 0.206 e. The van der Waals surface area contributed by atoms with E-state index in [1.807, 2.05) is 54.6 Å². The van der Waals surface area contributed by atoms with E-state index in [1.54, 1.807) is 20.3 Å². The highest BCUT2D eigenvalue weighted by molar-refractivity contribution is 7.98. The molecule has 0 saturated carbocycles. The van der Waals surface area contributed by atoms with Gasteiger partial charge in [-0.25, -0.2) is 4.99 Å². The number of halogens is 1. The van der Waals surface area contributed by atoms with Crippen LogP contribution in [-0.4, -0.2) is 20.2 Å². The molecule has 0 amide bonds. The number of para-hydroxylation sites is 2. The molecule has 8 heteroatoms. The van der Waals surface area contributed by atoms with E-state index in [4.69, 9.17) is 25.8 Å². The van der Waals surface area contributed by atoms with Crippen LogP contribution < -0.4 is 24.2 Å². The second-order valence-corrected chi connectivity index (χ2v) is 7.60. The molecule has 0 unspecified atom stereocenters. The summed E-state index contributed by atoms with van der Waals surface area (Å²) in [7, 11) is 3.23. The van der Waals surface area contributed by atoms with E-state index in [1.165, 1.54) is 11.9 Å². The summed E-state index contributed by atoms with van der Waals surface area (Å²) in [5.74, 6) is 3.27. The Labute approximate surface area is 184 Å². The van der Waals surface area contributed by atoms with Crippen molar-refractivity contribution in [2.45, 2.75) is 11.4 Å². The Hall–Kier alpha value is -3.03. The fourth-order valence-corrected chi connectivity index (χ4v) is 3.82. The van der Waals surface area contributed by atoms with Crippen LogP contribution in [0.5, 0.6) is 23.0 Å². The maximum absolute atomic E-state index is 6.24. The molecule has 0 aromatic heterocycles. The molecule has 0 bridgehead atoms. The van der Waals surface area contributed by atoms with Crippen molar-refractivity contribution in [1.29, 1.82) is 0 Å². The van der Waals surface area contributed by atoms with E-state index < -0.39 is 0 Å². The molecule has 1 aliphatic rings. The smallest absolute Gasteiger partial charge is 0.206 e. The van der Waals surface area contributed by atoms with Gasteiger partial charge in [-0.3, -0.25) is 4.72 Å². The Bertz CT molecular complexity index is 1090. The SMILES string of the molecule is COc1ccc(CN=C2NSc3cccc(Oc4ccccc4Cl)c3N2)cc1OC. The molecule has 2 N–H and O–H groups in total. The lowest BCUT2D eigenvalue weighted by molar-refractivity contribution is 0.354. The van der Waals surface area contributed by atoms with Crippen molar-refractivity contribution in [3.63, 3.8) is 0 Å². The Balaban J connectivity index is 1.54. The Morgan fingerprint density at radius 2 is 1.70 bits per heavy atom. The summed E-state index contributed by atoms with van der Waals surface area (Å²) in [5, 5.41) is 3.88. The zero-order chi connectivity index (χ0) is 20.9. The molecule has 3 aromatic rings. The molecular formula is C22H20ClN3O3S. The van der Waals surface area contributed by atoms with Gasteiger partial charge in [-0.05, 0) is 53.9 Å². The minimum Gasteiger partial charge on any atom is -0.493 e. The number of ether oxygens (including phenoxy) is 3. The molecule has 6 nitrogen and oxygen atoms in total. The summed E-state index contributed by atoms with van der Waals surface area (Å²) < 4.78 is 19.9. The third kappa shape index (κ3) is 4.42. The number of methoxy groups -OCH3 is 2. The molecule has 0 fully saturated rings. The minimum absolute atomic E-state index is 0.471. The molecular weight excluding hydrogens is 422 g/mol. The molecule has 1 aliphatic heterocycles. The third-order valence-corrected chi connectivity index (χ3v) is 5.58. The first kappa shape index (κ1) is 20.3. The van der Waals surface area contributed by atoms with Gasteiger partial charge < -0.3 is 19.5 Å². The van der Waals surface area contributed by atoms with Crippen molar-refractivity contribution >= 4 is 35.2 Å². The summed E-state index contributed by atoms with van der Waals surface area (Å²) in [6.45, 7) is 0.471. The lowest BCUT2D eigenvalue weighted by Crippen LogP contribution is -2.29. The van der Waals surface area contributed by atoms with E-state index in [0.29, 0.717) is 40.5 Å².